The second-order valence-corrected chi connectivity index (χ2v) is 5.12. The van der Waals surface area contributed by atoms with Gasteiger partial charge >= 0.3 is 0 Å². The van der Waals surface area contributed by atoms with E-state index < -0.39 is 0 Å². The van der Waals surface area contributed by atoms with E-state index in [2.05, 4.69) is 37.4 Å². The van der Waals surface area contributed by atoms with Crippen molar-refractivity contribution < 1.29 is 0 Å². The Bertz CT molecular complexity index is 335. The van der Waals surface area contributed by atoms with Gasteiger partial charge in [-0.2, -0.15) is 0 Å². The van der Waals surface area contributed by atoms with Crippen molar-refractivity contribution in [3.8, 4) is 0 Å². The van der Waals surface area contributed by atoms with Crippen LogP contribution in [0.3, 0.4) is 0 Å². The van der Waals surface area contributed by atoms with Crippen LogP contribution in [-0.2, 0) is 6.42 Å². The molecule has 0 bridgehead atoms. The van der Waals surface area contributed by atoms with Crippen LogP contribution in [0.25, 0.3) is 0 Å². The van der Waals surface area contributed by atoms with E-state index in [1.54, 1.807) is 0 Å². The van der Waals surface area contributed by atoms with Crippen LogP contribution in [0.1, 0.15) is 42.4 Å². The first-order chi connectivity index (χ1) is 7.75. The van der Waals surface area contributed by atoms with E-state index in [0.29, 0.717) is 6.04 Å². The summed E-state index contributed by atoms with van der Waals surface area (Å²) in [5.74, 6) is 0. The minimum absolute atomic E-state index is 0.699. The van der Waals surface area contributed by atoms with Crippen molar-refractivity contribution in [3.05, 3.63) is 34.9 Å². The van der Waals surface area contributed by atoms with Crippen LogP contribution in [0.2, 0.25) is 0 Å². The predicted molar refractivity (Wildman–Crippen MR) is 69.9 cm³/mol. The molecule has 1 saturated heterocycles. The van der Waals surface area contributed by atoms with Gasteiger partial charge in [0, 0.05) is 6.04 Å². The van der Waals surface area contributed by atoms with Crippen molar-refractivity contribution in [2.24, 2.45) is 0 Å². The lowest BCUT2D eigenvalue weighted by atomic mass is 9.99. The summed E-state index contributed by atoms with van der Waals surface area (Å²) in [5.41, 5.74) is 4.31. The number of benzene rings is 1. The smallest absolute Gasteiger partial charge is 0.0107 e. The molecule has 1 aliphatic rings. The van der Waals surface area contributed by atoms with Crippen LogP contribution >= 0.6 is 0 Å². The molecule has 1 heterocycles. The Labute approximate surface area is 99.3 Å². The van der Waals surface area contributed by atoms with Gasteiger partial charge in [-0.1, -0.05) is 31.0 Å². The highest BCUT2D eigenvalue weighted by molar-refractivity contribution is 5.30. The third-order valence-corrected chi connectivity index (χ3v) is 3.72. The molecule has 16 heavy (non-hydrogen) atoms. The summed E-state index contributed by atoms with van der Waals surface area (Å²) in [6.07, 6.45) is 6.68. The molecular weight excluding hydrogens is 194 g/mol. The molecule has 1 atom stereocenters. The topological polar surface area (TPSA) is 12.0 Å². The average Bonchev–Trinajstić information content (AvgIpc) is 2.52. The monoisotopic (exact) mass is 217 g/mol. The largest absolute Gasteiger partial charge is 0.314 e. The number of aryl methyl sites for hydroxylation is 2. The van der Waals surface area contributed by atoms with Crippen molar-refractivity contribution in [2.45, 2.75) is 52.0 Å². The zero-order chi connectivity index (χ0) is 11.4. The van der Waals surface area contributed by atoms with E-state index in [9.17, 15) is 0 Å². The highest BCUT2D eigenvalue weighted by Crippen LogP contribution is 2.15. The van der Waals surface area contributed by atoms with Crippen LogP contribution < -0.4 is 5.32 Å². The van der Waals surface area contributed by atoms with Crippen molar-refractivity contribution in [2.75, 3.05) is 6.54 Å². The maximum atomic E-state index is 3.66. The van der Waals surface area contributed by atoms with Crippen LogP contribution in [0.4, 0.5) is 0 Å². The first kappa shape index (κ1) is 11.7. The van der Waals surface area contributed by atoms with E-state index in [1.807, 2.05) is 0 Å². The first-order valence-corrected chi connectivity index (χ1v) is 6.55. The Morgan fingerprint density at radius 1 is 1.12 bits per heavy atom. The molecule has 1 unspecified atom stereocenters. The van der Waals surface area contributed by atoms with E-state index in [-0.39, 0.29) is 0 Å². The fourth-order valence-corrected chi connectivity index (χ4v) is 2.49. The second kappa shape index (κ2) is 5.49. The van der Waals surface area contributed by atoms with Crippen molar-refractivity contribution in [1.29, 1.82) is 0 Å². The van der Waals surface area contributed by atoms with Crippen molar-refractivity contribution in [1.82, 2.24) is 5.32 Å². The van der Waals surface area contributed by atoms with Crippen LogP contribution in [0.5, 0.6) is 0 Å². The summed E-state index contributed by atoms with van der Waals surface area (Å²) in [4.78, 5) is 0. The lowest BCUT2D eigenvalue weighted by molar-refractivity contribution is 0.507. The Kier molecular flexibility index (Phi) is 4.00. The average molecular weight is 217 g/mol. The minimum Gasteiger partial charge on any atom is -0.314 e. The number of hydrogen-bond acceptors (Lipinski definition) is 1. The Balaban J connectivity index is 1.99. The molecule has 1 nitrogen and oxygen atoms in total. The van der Waals surface area contributed by atoms with E-state index >= 15 is 0 Å². The summed E-state index contributed by atoms with van der Waals surface area (Å²) in [6.45, 7) is 5.60. The van der Waals surface area contributed by atoms with Gasteiger partial charge in [-0.3, -0.25) is 0 Å². The summed E-state index contributed by atoms with van der Waals surface area (Å²) in [6, 6.07) is 7.59. The molecule has 1 heteroatoms. The zero-order valence-corrected chi connectivity index (χ0v) is 10.6. The molecular formula is C15H23N. The number of rotatable bonds is 2. The van der Waals surface area contributed by atoms with E-state index in [0.717, 1.165) is 0 Å². The molecule has 0 aromatic heterocycles. The third kappa shape index (κ3) is 3.08. The Morgan fingerprint density at radius 3 is 2.81 bits per heavy atom. The Morgan fingerprint density at radius 2 is 2.00 bits per heavy atom. The molecule has 1 aromatic rings. The summed E-state index contributed by atoms with van der Waals surface area (Å²) >= 11 is 0. The molecule has 0 aliphatic carbocycles. The van der Waals surface area contributed by atoms with Crippen molar-refractivity contribution >= 4 is 0 Å². The van der Waals surface area contributed by atoms with Crippen LogP contribution in [0.15, 0.2) is 18.2 Å². The van der Waals surface area contributed by atoms with Crippen molar-refractivity contribution in [3.63, 3.8) is 0 Å². The molecule has 1 aliphatic heterocycles. The van der Waals surface area contributed by atoms with Gasteiger partial charge in [0.2, 0.25) is 0 Å². The van der Waals surface area contributed by atoms with Gasteiger partial charge in [0.25, 0.3) is 0 Å². The maximum absolute atomic E-state index is 3.66. The fraction of sp³-hybridized carbons (Fsp3) is 0.600. The fourth-order valence-electron chi connectivity index (χ4n) is 2.49. The van der Waals surface area contributed by atoms with E-state index in [4.69, 9.17) is 0 Å². The molecule has 2 rings (SSSR count). The molecule has 0 radical (unpaired) electrons. The van der Waals surface area contributed by atoms with Gasteiger partial charge in [-0.15, -0.1) is 0 Å². The van der Waals surface area contributed by atoms with Crippen LogP contribution in [-0.4, -0.2) is 12.6 Å². The highest BCUT2D eigenvalue weighted by Gasteiger charge is 2.11. The normalized spacial score (nSPS) is 21.8. The highest BCUT2D eigenvalue weighted by atomic mass is 14.9. The van der Waals surface area contributed by atoms with Gasteiger partial charge in [0.1, 0.15) is 0 Å². The first-order valence-electron chi connectivity index (χ1n) is 6.55. The predicted octanol–water partition coefficient (Wildman–Crippen LogP) is 3.38. The number of nitrogens with one attached hydrogen (secondary N) is 1. The molecule has 1 aromatic carbocycles. The van der Waals surface area contributed by atoms with Gasteiger partial charge in [-0.05, 0) is 56.3 Å². The van der Waals surface area contributed by atoms with E-state index in [1.165, 1.54) is 55.3 Å². The summed E-state index contributed by atoms with van der Waals surface area (Å²) in [5, 5.41) is 3.66. The standard InChI is InChI=1S/C15H23N/c1-12-7-8-14(10-13(12)2)11-15-6-4-3-5-9-16-15/h7-8,10,15-16H,3-6,9,11H2,1-2H3. The molecule has 1 N–H and O–H groups in total. The molecule has 0 spiro atoms. The summed E-state index contributed by atoms with van der Waals surface area (Å²) in [7, 11) is 0. The van der Waals surface area contributed by atoms with Gasteiger partial charge in [-0.25, -0.2) is 0 Å². The zero-order valence-electron chi connectivity index (χ0n) is 10.6. The lowest BCUT2D eigenvalue weighted by Gasteiger charge is -2.16. The van der Waals surface area contributed by atoms with Gasteiger partial charge < -0.3 is 5.32 Å². The minimum atomic E-state index is 0.699. The lowest BCUT2D eigenvalue weighted by Crippen LogP contribution is -2.30. The molecule has 0 saturated carbocycles. The van der Waals surface area contributed by atoms with Gasteiger partial charge in [0.15, 0.2) is 0 Å². The SMILES string of the molecule is Cc1ccc(CC2CCCCCN2)cc1C. The Hall–Kier alpha value is -0.820. The van der Waals surface area contributed by atoms with Gasteiger partial charge in [0.05, 0.1) is 0 Å². The van der Waals surface area contributed by atoms with Crippen LogP contribution in [0, 0.1) is 13.8 Å². The molecule has 1 fully saturated rings. The molecule has 88 valence electrons. The third-order valence-electron chi connectivity index (χ3n) is 3.72. The number of hydrogen-bond donors (Lipinski definition) is 1. The second-order valence-electron chi connectivity index (χ2n) is 5.12. The summed E-state index contributed by atoms with van der Waals surface area (Å²) < 4.78 is 0. The quantitative estimate of drug-likeness (QED) is 0.801. The molecule has 0 amide bonds. The maximum Gasteiger partial charge on any atom is 0.0107 e.